The van der Waals surface area contributed by atoms with E-state index in [2.05, 4.69) is 10.0 Å². The van der Waals surface area contributed by atoms with E-state index in [0.29, 0.717) is 4.90 Å². The summed E-state index contributed by atoms with van der Waals surface area (Å²) in [7, 11) is -0.150. The first-order valence-electron chi connectivity index (χ1n) is 6.13. The summed E-state index contributed by atoms with van der Waals surface area (Å²) in [6.45, 7) is 5.65. The number of benzene rings is 1. The van der Waals surface area contributed by atoms with Crippen LogP contribution in [0.1, 0.15) is 18.1 Å². The molecule has 0 radical (unpaired) electrons. The Kier molecular flexibility index (Phi) is 5.34. The topological polar surface area (TPSA) is 67.4 Å². The van der Waals surface area contributed by atoms with E-state index in [4.69, 9.17) is 4.74 Å². The molecule has 108 valence electrons. The number of methoxy groups -OCH3 is 1. The zero-order valence-corrected chi connectivity index (χ0v) is 12.9. The number of hydrogen-bond acceptors (Lipinski definition) is 4. The molecule has 19 heavy (non-hydrogen) atoms. The first-order valence-corrected chi connectivity index (χ1v) is 7.61. The lowest BCUT2D eigenvalue weighted by atomic mass is 10.1. The van der Waals surface area contributed by atoms with Gasteiger partial charge in [0, 0.05) is 26.4 Å². The van der Waals surface area contributed by atoms with Crippen LogP contribution < -0.4 is 10.0 Å². The van der Waals surface area contributed by atoms with E-state index in [0.717, 1.165) is 16.8 Å². The summed E-state index contributed by atoms with van der Waals surface area (Å²) < 4.78 is 32.2. The van der Waals surface area contributed by atoms with Crippen molar-refractivity contribution in [3.05, 3.63) is 23.3 Å². The summed E-state index contributed by atoms with van der Waals surface area (Å²) in [5.74, 6) is 0. The largest absolute Gasteiger partial charge is 0.388 e. The maximum absolute atomic E-state index is 12.3. The lowest BCUT2D eigenvalue weighted by molar-refractivity contribution is 0.122. The van der Waals surface area contributed by atoms with Gasteiger partial charge >= 0.3 is 0 Å². The first-order chi connectivity index (χ1) is 8.81. The lowest BCUT2D eigenvalue weighted by Crippen LogP contribution is -2.32. The minimum atomic E-state index is -3.51. The van der Waals surface area contributed by atoms with Gasteiger partial charge in [-0.2, -0.15) is 0 Å². The van der Waals surface area contributed by atoms with E-state index in [9.17, 15) is 8.42 Å². The van der Waals surface area contributed by atoms with Crippen molar-refractivity contribution in [2.45, 2.75) is 31.8 Å². The van der Waals surface area contributed by atoms with Crippen LogP contribution in [0.3, 0.4) is 0 Å². The highest BCUT2D eigenvalue weighted by Gasteiger charge is 2.20. The Hall–Kier alpha value is -1.11. The van der Waals surface area contributed by atoms with Crippen molar-refractivity contribution in [1.29, 1.82) is 0 Å². The van der Waals surface area contributed by atoms with Crippen molar-refractivity contribution in [2.24, 2.45) is 0 Å². The van der Waals surface area contributed by atoms with Crippen LogP contribution >= 0.6 is 0 Å². The van der Waals surface area contributed by atoms with Crippen molar-refractivity contribution < 1.29 is 13.2 Å². The SMILES string of the molecule is CNc1cc(C)c(S(=O)(=O)NCC(C)OC)c(C)c1. The van der Waals surface area contributed by atoms with E-state index in [1.54, 1.807) is 28.0 Å². The molecule has 0 amide bonds. The van der Waals surface area contributed by atoms with Crippen molar-refractivity contribution >= 4 is 15.7 Å². The number of hydrogen-bond donors (Lipinski definition) is 2. The number of sulfonamides is 1. The van der Waals surface area contributed by atoms with Gasteiger partial charge in [-0.3, -0.25) is 0 Å². The molecule has 6 heteroatoms. The molecule has 0 spiro atoms. The molecule has 0 saturated carbocycles. The Labute approximate surface area is 115 Å². The normalized spacial score (nSPS) is 13.3. The Balaban J connectivity index is 3.08. The van der Waals surface area contributed by atoms with Gasteiger partial charge in [0.2, 0.25) is 10.0 Å². The average Bonchev–Trinajstić information content (AvgIpc) is 2.34. The molecule has 2 N–H and O–H groups in total. The van der Waals surface area contributed by atoms with Crippen LogP contribution in [-0.4, -0.2) is 35.2 Å². The van der Waals surface area contributed by atoms with Gasteiger partial charge in [-0.1, -0.05) is 0 Å². The monoisotopic (exact) mass is 286 g/mol. The second kappa shape index (κ2) is 6.36. The maximum atomic E-state index is 12.3. The van der Waals surface area contributed by atoms with E-state index < -0.39 is 10.0 Å². The summed E-state index contributed by atoms with van der Waals surface area (Å²) in [6, 6.07) is 3.64. The van der Waals surface area contributed by atoms with Gasteiger partial charge in [0.25, 0.3) is 0 Å². The molecule has 0 fully saturated rings. The van der Waals surface area contributed by atoms with Gasteiger partial charge in [-0.25, -0.2) is 13.1 Å². The molecule has 1 aromatic carbocycles. The van der Waals surface area contributed by atoms with Crippen molar-refractivity contribution in [2.75, 3.05) is 26.0 Å². The van der Waals surface area contributed by atoms with Crippen LogP contribution in [0.15, 0.2) is 17.0 Å². The molecule has 0 bridgehead atoms. The van der Waals surface area contributed by atoms with E-state index >= 15 is 0 Å². The summed E-state index contributed by atoms with van der Waals surface area (Å²) in [5, 5.41) is 3.01. The highest BCUT2D eigenvalue weighted by Crippen LogP contribution is 2.24. The van der Waals surface area contributed by atoms with Gasteiger partial charge in [-0.15, -0.1) is 0 Å². The van der Waals surface area contributed by atoms with E-state index in [1.165, 1.54) is 0 Å². The molecule has 0 heterocycles. The second-order valence-corrected chi connectivity index (χ2v) is 6.29. The Morgan fingerprint density at radius 3 is 2.21 bits per heavy atom. The third-order valence-electron chi connectivity index (χ3n) is 2.98. The highest BCUT2D eigenvalue weighted by atomic mass is 32.2. The molecule has 0 aliphatic rings. The third-order valence-corrected chi connectivity index (χ3v) is 4.71. The zero-order valence-electron chi connectivity index (χ0n) is 12.1. The highest BCUT2D eigenvalue weighted by molar-refractivity contribution is 7.89. The van der Waals surface area contributed by atoms with Crippen molar-refractivity contribution in [1.82, 2.24) is 4.72 Å². The number of aryl methyl sites for hydroxylation is 2. The summed E-state index contributed by atoms with van der Waals surface area (Å²) >= 11 is 0. The minimum Gasteiger partial charge on any atom is -0.388 e. The van der Waals surface area contributed by atoms with Crippen LogP contribution in [0.4, 0.5) is 5.69 Å². The quantitative estimate of drug-likeness (QED) is 0.834. The standard InChI is InChI=1S/C13H22N2O3S/c1-9-6-12(14-4)7-10(2)13(9)19(16,17)15-8-11(3)18-5/h6-7,11,14-15H,8H2,1-5H3. The summed E-state index contributed by atoms with van der Waals surface area (Å²) in [6.07, 6.45) is -0.160. The molecular weight excluding hydrogens is 264 g/mol. The first kappa shape index (κ1) is 15.9. The predicted molar refractivity (Wildman–Crippen MR) is 77.1 cm³/mol. The Morgan fingerprint density at radius 1 is 1.26 bits per heavy atom. The molecule has 1 atom stereocenters. The van der Waals surface area contributed by atoms with Crippen molar-refractivity contribution in [3.63, 3.8) is 0 Å². The fourth-order valence-electron chi connectivity index (χ4n) is 1.90. The third kappa shape index (κ3) is 3.92. The molecule has 0 aliphatic carbocycles. The van der Waals surface area contributed by atoms with E-state index in [-0.39, 0.29) is 12.6 Å². The number of ether oxygens (including phenoxy) is 1. The van der Waals surface area contributed by atoms with Crippen LogP contribution in [0.25, 0.3) is 0 Å². The molecule has 0 aromatic heterocycles. The molecule has 1 unspecified atom stereocenters. The summed E-state index contributed by atoms with van der Waals surface area (Å²) in [5.41, 5.74) is 2.35. The Morgan fingerprint density at radius 2 is 1.79 bits per heavy atom. The molecule has 5 nitrogen and oxygen atoms in total. The predicted octanol–water partition coefficient (Wildman–Crippen LogP) is 1.66. The van der Waals surface area contributed by atoms with Gasteiger partial charge in [0.15, 0.2) is 0 Å². The fraction of sp³-hybridized carbons (Fsp3) is 0.538. The average molecular weight is 286 g/mol. The van der Waals surface area contributed by atoms with Crippen LogP contribution in [0.5, 0.6) is 0 Å². The van der Waals surface area contributed by atoms with Crippen LogP contribution in [0, 0.1) is 13.8 Å². The lowest BCUT2D eigenvalue weighted by Gasteiger charge is -2.15. The van der Waals surface area contributed by atoms with Gasteiger partial charge < -0.3 is 10.1 Å². The van der Waals surface area contributed by atoms with Crippen molar-refractivity contribution in [3.8, 4) is 0 Å². The number of nitrogens with one attached hydrogen (secondary N) is 2. The van der Waals surface area contributed by atoms with Crippen LogP contribution in [0.2, 0.25) is 0 Å². The molecule has 1 rings (SSSR count). The smallest absolute Gasteiger partial charge is 0.241 e. The fourth-order valence-corrected chi connectivity index (χ4v) is 3.47. The summed E-state index contributed by atoms with van der Waals surface area (Å²) in [4.78, 5) is 0.342. The molecule has 1 aromatic rings. The van der Waals surface area contributed by atoms with Gasteiger partial charge in [0.05, 0.1) is 11.0 Å². The minimum absolute atomic E-state index is 0.160. The number of anilines is 1. The zero-order chi connectivity index (χ0) is 14.6. The molecule has 0 aliphatic heterocycles. The maximum Gasteiger partial charge on any atom is 0.241 e. The Bertz CT molecular complexity index is 518. The molecular formula is C13H22N2O3S. The van der Waals surface area contributed by atoms with Gasteiger partial charge in [-0.05, 0) is 44.0 Å². The van der Waals surface area contributed by atoms with E-state index in [1.807, 2.05) is 19.1 Å². The molecule has 0 saturated heterocycles. The second-order valence-electron chi connectivity index (χ2n) is 4.59. The van der Waals surface area contributed by atoms with Gasteiger partial charge in [0.1, 0.15) is 0 Å². The number of rotatable bonds is 6. The van der Waals surface area contributed by atoms with Crippen LogP contribution in [-0.2, 0) is 14.8 Å².